The molecular formula is C9H22O3. The van der Waals surface area contributed by atoms with E-state index in [-0.39, 0.29) is 12.7 Å². The van der Waals surface area contributed by atoms with Gasteiger partial charge in [-0.1, -0.05) is 13.8 Å². The molecule has 0 bridgehead atoms. The SMILES string of the molecule is CC(C)CC(C)O.CC(O)CO. The normalized spacial score (nSPS) is 15.0. The Bertz CT molecular complexity index is 73.8. The lowest BCUT2D eigenvalue weighted by molar-refractivity contribution is 0.110. The Morgan fingerprint density at radius 2 is 1.25 bits per heavy atom. The lowest BCUT2D eigenvalue weighted by Crippen LogP contribution is -2.03. The maximum Gasteiger partial charge on any atom is 0.0742 e. The first kappa shape index (κ1) is 14.4. The highest BCUT2D eigenvalue weighted by molar-refractivity contribution is 4.49. The molecule has 0 aliphatic heterocycles. The lowest BCUT2D eigenvalue weighted by atomic mass is 10.1. The van der Waals surface area contributed by atoms with Gasteiger partial charge in [0.15, 0.2) is 0 Å². The highest BCUT2D eigenvalue weighted by Crippen LogP contribution is 2.01. The van der Waals surface area contributed by atoms with Crippen LogP contribution in [0.5, 0.6) is 0 Å². The number of hydrogen-bond acceptors (Lipinski definition) is 3. The Hall–Kier alpha value is -0.120. The van der Waals surface area contributed by atoms with Gasteiger partial charge >= 0.3 is 0 Å². The van der Waals surface area contributed by atoms with Crippen LogP contribution in [-0.4, -0.2) is 34.1 Å². The summed E-state index contributed by atoms with van der Waals surface area (Å²) in [4.78, 5) is 0. The molecule has 0 heterocycles. The van der Waals surface area contributed by atoms with E-state index in [1.54, 1.807) is 0 Å². The molecule has 3 N–H and O–H groups in total. The fourth-order valence-corrected chi connectivity index (χ4v) is 0.682. The van der Waals surface area contributed by atoms with Crippen molar-refractivity contribution in [3.63, 3.8) is 0 Å². The first-order chi connectivity index (χ1) is 5.40. The van der Waals surface area contributed by atoms with Crippen molar-refractivity contribution in [3.05, 3.63) is 0 Å². The number of rotatable bonds is 3. The Morgan fingerprint density at radius 3 is 1.25 bits per heavy atom. The highest BCUT2D eigenvalue weighted by Gasteiger charge is 1.97. The second-order valence-electron chi connectivity index (χ2n) is 3.51. The van der Waals surface area contributed by atoms with Crippen LogP contribution in [0.4, 0.5) is 0 Å². The molecule has 0 amide bonds. The van der Waals surface area contributed by atoms with Crippen LogP contribution in [0.25, 0.3) is 0 Å². The summed E-state index contributed by atoms with van der Waals surface area (Å²) in [5, 5.41) is 24.7. The molecule has 0 aromatic heterocycles. The van der Waals surface area contributed by atoms with E-state index in [1.807, 2.05) is 6.92 Å². The summed E-state index contributed by atoms with van der Waals surface area (Å²) in [6.45, 7) is 7.42. The quantitative estimate of drug-likeness (QED) is 0.598. The van der Waals surface area contributed by atoms with Gasteiger partial charge in [0, 0.05) is 0 Å². The van der Waals surface area contributed by atoms with Crippen LogP contribution < -0.4 is 0 Å². The summed E-state index contributed by atoms with van der Waals surface area (Å²) in [6.07, 6.45) is 0.231. The van der Waals surface area contributed by atoms with Gasteiger partial charge in [0.2, 0.25) is 0 Å². The predicted molar refractivity (Wildman–Crippen MR) is 49.9 cm³/mol. The van der Waals surface area contributed by atoms with Gasteiger partial charge in [0.05, 0.1) is 18.8 Å². The number of aliphatic hydroxyl groups is 3. The third-order valence-corrected chi connectivity index (χ3v) is 1.08. The van der Waals surface area contributed by atoms with Crippen molar-refractivity contribution in [2.45, 2.75) is 46.3 Å². The van der Waals surface area contributed by atoms with Crippen molar-refractivity contribution >= 4 is 0 Å². The van der Waals surface area contributed by atoms with Crippen molar-refractivity contribution in [2.75, 3.05) is 6.61 Å². The second-order valence-corrected chi connectivity index (χ2v) is 3.51. The minimum atomic E-state index is -0.560. The van der Waals surface area contributed by atoms with Gasteiger partial charge in [-0.3, -0.25) is 0 Å². The van der Waals surface area contributed by atoms with E-state index in [0.717, 1.165) is 6.42 Å². The van der Waals surface area contributed by atoms with E-state index >= 15 is 0 Å². The molecule has 0 saturated carbocycles. The summed E-state index contributed by atoms with van der Waals surface area (Å²) in [7, 11) is 0. The average Bonchev–Trinajstić information content (AvgIpc) is 1.85. The minimum Gasteiger partial charge on any atom is -0.394 e. The van der Waals surface area contributed by atoms with Crippen molar-refractivity contribution in [2.24, 2.45) is 5.92 Å². The van der Waals surface area contributed by atoms with Crippen LogP contribution in [0.1, 0.15) is 34.1 Å². The number of hydrogen-bond donors (Lipinski definition) is 3. The van der Waals surface area contributed by atoms with Crippen LogP contribution >= 0.6 is 0 Å². The summed E-state index contributed by atoms with van der Waals surface area (Å²) in [5.41, 5.74) is 0. The zero-order valence-corrected chi connectivity index (χ0v) is 8.49. The molecule has 3 nitrogen and oxygen atoms in total. The molecule has 0 saturated heterocycles. The molecule has 0 fully saturated rings. The van der Waals surface area contributed by atoms with E-state index in [9.17, 15) is 0 Å². The summed E-state index contributed by atoms with van der Waals surface area (Å²) < 4.78 is 0. The average molecular weight is 178 g/mol. The van der Waals surface area contributed by atoms with Gasteiger partial charge in [-0.15, -0.1) is 0 Å². The van der Waals surface area contributed by atoms with Crippen LogP contribution in [0.15, 0.2) is 0 Å². The van der Waals surface area contributed by atoms with Gasteiger partial charge < -0.3 is 15.3 Å². The topological polar surface area (TPSA) is 60.7 Å². The smallest absolute Gasteiger partial charge is 0.0742 e. The molecule has 12 heavy (non-hydrogen) atoms. The Morgan fingerprint density at radius 1 is 0.917 bits per heavy atom. The molecule has 2 unspecified atom stereocenters. The molecule has 76 valence electrons. The Balaban J connectivity index is 0. The summed E-state index contributed by atoms with van der Waals surface area (Å²) in [6, 6.07) is 0. The van der Waals surface area contributed by atoms with E-state index < -0.39 is 6.10 Å². The molecule has 2 atom stereocenters. The van der Waals surface area contributed by atoms with Gasteiger partial charge in [-0.25, -0.2) is 0 Å². The van der Waals surface area contributed by atoms with E-state index in [1.165, 1.54) is 6.92 Å². The summed E-state index contributed by atoms with van der Waals surface area (Å²) >= 11 is 0. The second kappa shape index (κ2) is 8.97. The zero-order chi connectivity index (χ0) is 10.1. The van der Waals surface area contributed by atoms with Crippen molar-refractivity contribution in [1.82, 2.24) is 0 Å². The maximum atomic E-state index is 8.72. The van der Waals surface area contributed by atoms with Gasteiger partial charge in [-0.2, -0.15) is 0 Å². The van der Waals surface area contributed by atoms with Gasteiger partial charge in [0.25, 0.3) is 0 Å². The highest BCUT2D eigenvalue weighted by atomic mass is 16.3. The van der Waals surface area contributed by atoms with Crippen molar-refractivity contribution < 1.29 is 15.3 Å². The van der Waals surface area contributed by atoms with E-state index in [2.05, 4.69) is 13.8 Å². The molecule has 0 aromatic carbocycles. The first-order valence-corrected chi connectivity index (χ1v) is 4.37. The molecule has 3 heteroatoms. The van der Waals surface area contributed by atoms with E-state index in [4.69, 9.17) is 15.3 Å². The fraction of sp³-hybridized carbons (Fsp3) is 1.00. The molecule has 0 rings (SSSR count). The largest absolute Gasteiger partial charge is 0.394 e. The van der Waals surface area contributed by atoms with Crippen molar-refractivity contribution in [3.8, 4) is 0 Å². The van der Waals surface area contributed by atoms with Crippen LogP contribution in [-0.2, 0) is 0 Å². The maximum absolute atomic E-state index is 8.72. The summed E-state index contributed by atoms with van der Waals surface area (Å²) in [5.74, 6) is 0.625. The van der Waals surface area contributed by atoms with Crippen LogP contribution in [0.3, 0.4) is 0 Å². The monoisotopic (exact) mass is 178 g/mol. The Kier molecular flexibility index (Phi) is 10.8. The molecule has 0 aliphatic rings. The molecule has 0 aromatic rings. The predicted octanol–water partition coefficient (Wildman–Crippen LogP) is 0.773. The third-order valence-electron chi connectivity index (χ3n) is 1.08. The fourth-order valence-electron chi connectivity index (χ4n) is 0.682. The minimum absolute atomic E-state index is 0.125. The van der Waals surface area contributed by atoms with Gasteiger partial charge in [0.1, 0.15) is 0 Å². The molecule has 0 spiro atoms. The molecule has 0 aliphatic carbocycles. The van der Waals surface area contributed by atoms with Crippen molar-refractivity contribution in [1.29, 1.82) is 0 Å². The zero-order valence-electron chi connectivity index (χ0n) is 8.49. The molecular weight excluding hydrogens is 156 g/mol. The number of aliphatic hydroxyl groups excluding tert-OH is 3. The van der Waals surface area contributed by atoms with Crippen LogP contribution in [0, 0.1) is 5.92 Å². The Labute approximate surface area is 75.0 Å². The third kappa shape index (κ3) is 22.5. The van der Waals surface area contributed by atoms with Crippen LogP contribution in [0.2, 0.25) is 0 Å². The molecule has 0 radical (unpaired) electrons. The first-order valence-electron chi connectivity index (χ1n) is 4.37. The standard InChI is InChI=1S/C6H14O.C3H8O2/c1-5(2)4-6(3)7;1-3(5)2-4/h5-7H,4H2,1-3H3;3-5H,2H2,1H3. The van der Waals surface area contributed by atoms with E-state index in [0.29, 0.717) is 5.92 Å². The van der Waals surface area contributed by atoms with Gasteiger partial charge in [-0.05, 0) is 26.2 Å². The lowest BCUT2D eigenvalue weighted by Gasteiger charge is -2.04.